The Morgan fingerprint density at radius 2 is 1.81 bits per heavy atom. The zero-order valence-corrected chi connectivity index (χ0v) is 19.1. The standard InChI is InChI=1S/C25H21BrN2O4/c1-15(2)32-19-11-9-16(10-12-19)23(29)21-22(17-6-5-7-18(26)14-17)28(25(31)24(21)30)20-8-3-4-13-27-20/h3-15,22,29H,1-2H3/b23-21+. The fourth-order valence-electron chi connectivity index (χ4n) is 3.68. The molecule has 0 saturated carbocycles. The van der Waals surface area contributed by atoms with Gasteiger partial charge in [0.05, 0.1) is 17.7 Å². The Morgan fingerprint density at radius 3 is 2.44 bits per heavy atom. The van der Waals surface area contributed by atoms with Crippen molar-refractivity contribution in [1.82, 2.24) is 4.98 Å². The van der Waals surface area contributed by atoms with E-state index < -0.39 is 17.7 Å². The fraction of sp³-hybridized carbons (Fsp3) is 0.160. The van der Waals surface area contributed by atoms with Crippen molar-refractivity contribution in [1.29, 1.82) is 0 Å². The van der Waals surface area contributed by atoms with Crippen molar-refractivity contribution in [2.24, 2.45) is 0 Å². The van der Waals surface area contributed by atoms with Crippen molar-refractivity contribution in [3.63, 3.8) is 0 Å². The number of benzene rings is 2. The van der Waals surface area contributed by atoms with Crippen LogP contribution in [0.1, 0.15) is 31.0 Å². The number of carbonyl (C=O) groups excluding carboxylic acids is 2. The van der Waals surface area contributed by atoms with Gasteiger partial charge in [0.25, 0.3) is 5.78 Å². The molecule has 3 aromatic rings. The van der Waals surface area contributed by atoms with Crippen LogP contribution in [-0.4, -0.2) is 27.9 Å². The second-order valence-electron chi connectivity index (χ2n) is 7.60. The molecule has 32 heavy (non-hydrogen) atoms. The van der Waals surface area contributed by atoms with Crippen molar-refractivity contribution in [2.45, 2.75) is 26.0 Å². The van der Waals surface area contributed by atoms with Gasteiger partial charge in [0.2, 0.25) is 0 Å². The summed E-state index contributed by atoms with van der Waals surface area (Å²) >= 11 is 3.45. The lowest BCUT2D eigenvalue weighted by Gasteiger charge is -2.24. The average Bonchev–Trinajstić information content (AvgIpc) is 3.05. The molecule has 1 N–H and O–H groups in total. The number of hydrogen-bond donors (Lipinski definition) is 1. The quantitative estimate of drug-likeness (QED) is 0.298. The molecule has 162 valence electrons. The van der Waals surface area contributed by atoms with Crippen LogP contribution in [-0.2, 0) is 9.59 Å². The predicted molar refractivity (Wildman–Crippen MR) is 125 cm³/mol. The first-order valence-corrected chi connectivity index (χ1v) is 10.9. The van der Waals surface area contributed by atoms with Gasteiger partial charge in [-0.3, -0.25) is 14.5 Å². The van der Waals surface area contributed by atoms with Crippen LogP contribution in [0, 0.1) is 0 Å². The second kappa shape index (κ2) is 8.96. The maximum Gasteiger partial charge on any atom is 0.301 e. The molecule has 0 radical (unpaired) electrons. The smallest absolute Gasteiger partial charge is 0.301 e. The van der Waals surface area contributed by atoms with E-state index in [1.807, 2.05) is 38.1 Å². The minimum Gasteiger partial charge on any atom is -0.507 e. The van der Waals surface area contributed by atoms with Crippen LogP contribution >= 0.6 is 15.9 Å². The molecule has 1 atom stereocenters. The van der Waals surface area contributed by atoms with Crippen molar-refractivity contribution in [3.8, 4) is 5.75 Å². The largest absolute Gasteiger partial charge is 0.507 e. The molecule has 4 rings (SSSR count). The monoisotopic (exact) mass is 492 g/mol. The second-order valence-corrected chi connectivity index (χ2v) is 8.52. The van der Waals surface area contributed by atoms with Gasteiger partial charge in [-0.25, -0.2) is 4.98 Å². The number of Topliss-reactive ketones (excluding diaryl/α,β-unsaturated/α-hetero) is 1. The summed E-state index contributed by atoms with van der Waals surface area (Å²) in [6.07, 6.45) is 1.56. The number of halogens is 1. The summed E-state index contributed by atoms with van der Waals surface area (Å²) in [4.78, 5) is 31.8. The molecule has 1 amide bonds. The van der Waals surface area contributed by atoms with Crippen LogP contribution < -0.4 is 9.64 Å². The Hall–Kier alpha value is -3.45. The van der Waals surface area contributed by atoms with Crippen molar-refractivity contribution in [2.75, 3.05) is 4.90 Å². The molecular formula is C25H21BrN2O4. The fourth-order valence-corrected chi connectivity index (χ4v) is 4.09. The van der Waals surface area contributed by atoms with Gasteiger partial charge >= 0.3 is 5.91 Å². The first kappa shape index (κ1) is 21.8. The molecule has 2 aromatic carbocycles. The molecule has 1 saturated heterocycles. The van der Waals surface area contributed by atoms with Crippen LogP contribution in [0.15, 0.2) is 83.0 Å². The number of ketones is 1. The maximum absolute atomic E-state index is 13.1. The highest BCUT2D eigenvalue weighted by molar-refractivity contribution is 9.10. The summed E-state index contributed by atoms with van der Waals surface area (Å²) in [6, 6.07) is 18.4. The first-order chi connectivity index (χ1) is 15.4. The molecule has 1 aliphatic rings. The van der Waals surface area contributed by atoms with E-state index in [4.69, 9.17) is 4.74 Å². The molecule has 1 unspecified atom stereocenters. The van der Waals surface area contributed by atoms with E-state index in [2.05, 4.69) is 20.9 Å². The molecular weight excluding hydrogens is 472 g/mol. The SMILES string of the molecule is CC(C)Oc1ccc(/C(O)=C2\C(=O)C(=O)N(c3ccccn3)C2c2cccc(Br)c2)cc1. The third-order valence-corrected chi connectivity index (χ3v) is 5.50. The molecule has 0 bridgehead atoms. The number of nitrogens with zero attached hydrogens (tertiary/aromatic N) is 2. The van der Waals surface area contributed by atoms with E-state index in [0.717, 1.165) is 4.47 Å². The molecule has 7 heteroatoms. The molecule has 1 aliphatic heterocycles. The summed E-state index contributed by atoms with van der Waals surface area (Å²) < 4.78 is 6.44. The highest BCUT2D eigenvalue weighted by atomic mass is 79.9. The van der Waals surface area contributed by atoms with E-state index >= 15 is 0 Å². The van der Waals surface area contributed by atoms with Crippen LogP contribution in [0.25, 0.3) is 5.76 Å². The molecule has 6 nitrogen and oxygen atoms in total. The third-order valence-electron chi connectivity index (χ3n) is 5.00. The summed E-state index contributed by atoms with van der Waals surface area (Å²) in [5.74, 6) is -0.771. The molecule has 1 aromatic heterocycles. The number of carbonyl (C=O) groups is 2. The molecule has 0 spiro atoms. The van der Waals surface area contributed by atoms with E-state index in [1.165, 1.54) is 4.90 Å². The van der Waals surface area contributed by atoms with Gasteiger partial charge < -0.3 is 9.84 Å². The maximum atomic E-state index is 13.1. The van der Waals surface area contributed by atoms with Gasteiger partial charge in [-0.05, 0) is 67.9 Å². The van der Waals surface area contributed by atoms with Gasteiger partial charge in [0, 0.05) is 16.2 Å². The van der Waals surface area contributed by atoms with Gasteiger partial charge in [0.15, 0.2) is 0 Å². The number of rotatable bonds is 5. The van der Waals surface area contributed by atoms with Gasteiger partial charge in [-0.2, -0.15) is 0 Å². The number of aliphatic hydroxyl groups excluding tert-OH is 1. The predicted octanol–water partition coefficient (Wildman–Crippen LogP) is 5.26. The minimum absolute atomic E-state index is 0.00895. The van der Waals surface area contributed by atoms with E-state index in [1.54, 1.807) is 48.7 Å². The van der Waals surface area contributed by atoms with Gasteiger partial charge in [0.1, 0.15) is 17.3 Å². The van der Waals surface area contributed by atoms with Crippen LogP contribution in [0.3, 0.4) is 0 Å². The van der Waals surface area contributed by atoms with E-state index in [9.17, 15) is 14.7 Å². The number of hydrogen-bond acceptors (Lipinski definition) is 5. The number of aromatic nitrogens is 1. The summed E-state index contributed by atoms with van der Waals surface area (Å²) in [5.41, 5.74) is 1.10. The summed E-state index contributed by atoms with van der Waals surface area (Å²) in [5, 5.41) is 11.2. The summed E-state index contributed by atoms with van der Waals surface area (Å²) in [6.45, 7) is 3.84. The van der Waals surface area contributed by atoms with Crippen LogP contribution in [0.2, 0.25) is 0 Å². The minimum atomic E-state index is -0.825. The van der Waals surface area contributed by atoms with Crippen LogP contribution in [0.5, 0.6) is 5.75 Å². The van der Waals surface area contributed by atoms with Gasteiger partial charge in [-0.15, -0.1) is 0 Å². The number of amides is 1. The normalized spacial score (nSPS) is 17.8. The lowest BCUT2D eigenvalue weighted by atomic mass is 9.95. The number of pyridine rings is 1. The average molecular weight is 493 g/mol. The van der Waals surface area contributed by atoms with Crippen molar-refractivity contribution >= 4 is 39.2 Å². The molecule has 2 heterocycles. The Bertz CT molecular complexity index is 1190. The third kappa shape index (κ3) is 4.16. The zero-order valence-electron chi connectivity index (χ0n) is 17.5. The number of anilines is 1. The van der Waals surface area contributed by atoms with E-state index in [-0.39, 0.29) is 17.4 Å². The Labute approximate surface area is 194 Å². The number of ether oxygens (including phenoxy) is 1. The molecule has 0 aliphatic carbocycles. The Balaban J connectivity index is 1.86. The topological polar surface area (TPSA) is 79.7 Å². The lowest BCUT2D eigenvalue weighted by molar-refractivity contribution is -0.132. The Morgan fingerprint density at radius 1 is 1.06 bits per heavy atom. The molecule has 1 fully saturated rings. The van der Waals surface area contributed by atoms with Gasteiger partial charge in [-0.1, -0.05) is 34.1 Å². The van der Waals surface area contributed by atoms with Crippen molar-refractivity contribution in [3.05, 3.63) is 94.1 Å². The Kier molecular flexibility index (Phi) is 6.10. The zero-order chi connectivity index (χ0) is 22.8. The highest BCUT2D eigenvalue weighted by Crippen LogP contribution is 2.42. The van der Waals surface area contributed by atoms with E-state index in [0.29, 0.717) is 22.7 Å². The van der Waals surface area contributed by atoms with Crippen LogP contribution in [0.4, 0.5) is 5.82 Å². The first-order valence-electron chi connectivity index (χ1n) is 10.1. The highest BCUT2D eigenvalue weighted by Gasteiger charge is 2.47. The lowest BCUT2D eigenvalue weighted by Crippen LogP contribution is -2.30. The summed E-state index contributed by atoms with van der Waals surface area (Å²) in [7, 11) is 0. The number of aliphatic hydroxyl groups is 1. The van der Waals surface area contributed by atoms with Crippen molar-refractivity contribution < 1.29 is 19.4 Å².